The van der Waals surface area contributed by atoms with Crippen LogP contribution < -0.4 is 10.4 Å². The van der Waals surface area contributed by atoms with E-state index >= 15 is 0 Å². The highest BCUT2D eigenvalue weighted by Gasteiger charge is 2.29. The number of nitrogens with zero attached hydrogens (tertiary/aromatic N) is 4. The molecule has 2 aromatic carbocycles. The van der Waals surface area contributed by atoms with Gasteiger partial charge in [-0.05, 0) is 35.9 Å². The molecule has 1 unspecified atom stereocenters. The van der Waals surface area contributed by atoms with Gasteiger partial charge in [-0.25, -0.2) is 5.43 Å². The molecule has 6 heteroatoms. The molecule has 5 rings (SSSR count). The maximum Gasteiger partial charge on any atom is 0.223 e. The van der Waals surface area contributed by atoms with Gasteiger partial charge in [-0.15, -0.1) is 0 Å². The van der Waals surface area contributed by atoms with Crippen LogP contribution in [-0.4, -0.2) is 15.1 Å². The fraction of sp³-hybridized carbons (Fsp3) is 0.0870. The molecule has 0 saturated carbocycles. The minimum atomic E-state index is -0.0674. The standard InChI is InChI=1S/C23H19N5O/c1-16-25-23(27-29-16)19-12-6-5-11-18(19)21-15-22(20-13-7-8-14-24-20)28(26-21)17-9-3-2-4-10-17/h2-15,21,26H,1H3. The molecular weight excluding hydrogens is 362 g/mol. The number of aryl methyl sites for hydroxylation is 1. The van der Waals surface area contributed by atoms with E-state index in [0.717, 1.165) is 28.2 Å². The van der Waals surface area contributed by atoms with E-state index in [1.54, 1.807) is 6.92 Å². The summed E-state index contributed by atoms with van der Waals surface area (Å²) in [5, 5.41) is 6.19. The number of para-hydroxylation sites is 1. The summed E-state index contributed by atoms with van der Waals surface area (Å²) in [5.74, 6) is 1.13. The Morgan fingerprint density at radius 3 is 2.48 bits per heavy atom. The van der Waals surface area contributed by atoms with Crippen molar-refractivity contribution in [1.82, 2.24) is 20.6 Å². The van der Waals surface area contributed by atoms with Gasteiger partial charge in [0.2, 0.25) is 11.7 Å². The normalized spacial score (nSPS) is 16.1. The lowest BCUT2D eigenvalue weighted by Crippen LogP contribution is -2.33. The molecule has 0 bridgehead atoms. The minimum absolute atomic E-state index is 0.0674. The Bertz CT molecular complexity index is 1150. The van der Waals surface area contributed by atoms with Crippen LogP contribution in [-0.2, 0) is 0 Å². The summed E-state index contributed by atoms with van der Waals surface area (Å²) in [7, 11) is 0. The molecule has 3 heterocycles. The van der Waals surface area contributed by atoms with Crippen molar-refractivity contribution in [1.29, 1.82) is 0 Å². The van der Waals surface area contributed by atoms with Gasteiger partial charge < -0.3 is 4.52 Å². The van der Waals surface area contributed by atoms with E-state index in [1.807, 2.05) is 60.8 Å². The van der Waals surface area contributed by atoms with Gasteiger partial charge in [0.1, 0.15) is 0 Å². The summed E-state index contributed by atoms with van der Waals surface area (Å²) in [6, 6.07) is 24.2. The number of hydrogen-bond acceptors (Lipinski definition) is 6. The molecule has 0 radical (unpaired) electrons. The van der Waals surface area contributed by atoms with Crippen LogP contribution in [0.2, 0.25) is 0 Å². The summed E-state index contributed by atoms with van der Waals surface area (Å²) in [6.07, 6.45) is 3.99. The zero-order valence-electron chi connectivity index (χ0n) is 15.9. The van der Waals surface area contributed by atoms with Crippen molar-refractivity contribution in [3.05, 3.63) is 102 Å². The zero-order valence-corrected chi connectivity index (χ0v) is 15.9. The largest absolute Gasteiger partial charge is 0.339 e. The van der Waals surface area contributed by atoms with Gasteiger partial charge in [-0.2, -0.15) is 4.98 Å². The smallest absolute Gasteiger partial charge is 0.223 e. The highest BCUT2D eigenvalue weighted by atomic mass is 16.5. The van der Waals surface area contributed by atoms with Crippen molar-refractivity contribution in [2.24, 2.45) is 0 Å². The van der Waals surface area contributed by atoms with Crippen LogP contribution in [0.15, 0.2) is 89.6 Å². The van der Waals surface area contributed by atoms with Crippen LogP contribution >= 0.6 is 0 Å². The maximum atomic E-state index is 5.20. The van der Waals surface area contributed by atoms with Gasteiger partial charge in [-0.1, -0.05) is 53.7 Å². The number of nitrogens with one attached hydrogen (secondary N) is 1. The van der Waals surface area contributed by atoms with Crippen LogP contribution in [0.25, 0.3) is 17.1 Å². The Kier molecular flexibility index (Phi) is 4.38. The zero-order chi connectivity index (χ0) is 19.6. The summed E-state index contributed by atoms with van der Waals surface area (Å²) in [5.41, 5.74) is 8.56. The predicted molar refractivity (Wildman–Crippen MR) is 111 cm³/mol. The molecule has 29 heavy (non-hydrogen) atoms. The first-order valence-corrected chi connectivity index (χ1v) is 9.44. The second-order valence-electron chi connectivity index (χ2n) is 6.77. The number of aromatic nitrogens is 3. The van der Waals surface area contributed by atoms with E-state index in [1.165, 1.54) is 0 Å². The fourth-order valence-electron chi connectivity index (χ4n) is 3.52. The number of hydrogen-bond donors (Lipinski definition) is 1. The molecule has 1 aliphatic heterocycles. The van der Waals surface area contributed by atoms with Gasteiger partial charge in [0, 0.05) is 18.7 Å². The molecule has 0 spiro atoms. The molecule has 1 atom stereocenters. The summed E-state index contributed by atoms with van der Waals surface area (Å²) in [6.45, 7) is 1.79. The molecule has 142 valence electrons. The lowest BCUT2D eigenvalue weighted by Gasteiger charge is -2.24. The SMILES string of the molecule is Cc1nc(-c2ccccc2C2C=C(c3ccccn3)N(c3ccccc3)N2)no1. The molecular formula is C23H19N5O. The number of hydrazine groups is 1. The van der Waals surface area contributed by atoms with Crippen molar-refractivity contribution in [3.63, 3.8) is 0 Å². The average Bonchev–Trinajstić information content (AvgIpc) is 3.42. The summed E-state index contributed by atoms with van der Waals surface area (Å²) < 4.78 is 5.20. The van der Waals surface area contributed by atoms with E-state index in [-0.39, 0.29) is 6.04 Å². The summed E-state index contributed by atoms with van der Waals surface area (Å²) >= 11 is 0. The van der Waals surface area contributed by atoms with Crippen LogP contribution in [0.1, 0.15) is 23.2 Å². The molecule has 0 fully saturated rings. The van der Waals surface area contributed by atoms with Crippen molar-refractivity contribution >= 4 is 11.4 Å². The number of rotatable bonds is 4. The molecule has 6 nitrogen and oxygen atoms in total. The quantitative estimate of drug-likeness (QED) is 0.559. The van der Waals surface area contributed by atoms with Gasteiger partial charge in [-0.3, -0.25) is 9.99 Å². The average molecular weight is 381 g/mol. The number of pyridine rings is 1. The molecule has 0 aliphatic carbocycles. The topological polar surface area (TPSA) is 67.1 Å². The second kappa shape index (κ2) is 7.33. The van der Waals surface area contributed by atoms with Crippen LogP contribution in [0.3, 0.4) is 0 Å². The Morgan fingerprint density at radius 2 is 1.72 bits per heavy atom. The molecule has 0 amide bonds. The van der Waals surface area contributed by atoms with E-state index in [0.29, 0.717) is 11.7 Å². The fourth-order valence-corrected chi connectivity index (χ4v) is 3.52. The number of benzene rings is 2. The van der Waals surface area contributed by atoms with E-state index in [2.05, 4.69) is 49.8 Å². The second-order valence-corrected chi connectivity index (χ2v) is 6.77. The van der Waals surface area contributed by atoms with Gasteiger partial charge in [0.25, 0.3) is 0 Å². The Balaban J connectivity index is 1.60. The van der Waals surface area contributed by atoms with Gasteiger partial charge >= 0.3 is 0 Å². The maximum absolute atomic E-state index is 5.20. The lowest BCUT2D eigenvalue weighted by molar-refractivity contribution is 0.394. The van der Waals surface area contributed by atoms with E-state index in [9.17, 15) is 0 Å². The molecule has 4 aromatic rings. The first kappa shape index (κ1) is 17.3. The minimum Gasteiger partial charge on any atom is -0.339 e. The third-order valence-electron chi connectivity index (χ3n) is 4.84. The lowest BCUT2D eigenvalue weighted by atomic mass is 10.00. The van der Waals surface area contributed by atoms with Crippen molar-refractivity contribution in [3.8, 4) is 11.4 Å². The van der Waals surface area contributed by atoms with Crippen molar-refractivity contribution in [2.45, 2.75) is 13.0 Å². The molecule has 2 aromatic heterocycles. The van der Waals surface area contributed by atoms with Crippen LogP contribution in [0, 0.1) is 6.92 Å². The highest BCUT2D eigenvalue weighted by Crippen LogP contribution is 2.36. The summed E-state index contributed by atoms with van der Waals surface area (Å²) in [4.78, 5) is 8.97. The highest BCUT2D eigenvalue weighted by molar-refractivity contribution is 5.80. The van der Waals surface area contributed by atoms with Crippen LogP contribution in [0.5, 0.6) is 0 Å². The molecule has 1 aliphatic rings. The molecule has 0 saturated heterocycles. The van der Waals surface area contributed by atoms with Crippen molar-refractivity contribution in [2.75, 3.05) is 5.01 Å². The van der Waals surface area contributed by atoms with Crippen molar-refractivity contribution < 1.29 is 4.52 Å². The Hall–Kier alpha value is -3.77. The first-order chi connectivity index (χ1) is 14.3. The Labute approximate surface area is 168 Å². The van der Waals surface area contributed by atoms with Gasteiger partial charge in [0.15, 0.2) is 0 Å². The van der Waals surface area contributed by atoms with Gasteiger partial charge in [0.05, 0.1) is 23.1 Å². The third-order valence-corrected chi connectivity index (χ3v) is 4.84. The van der Waals surface area contributed by atoms with Crippen LogP contribution in [0.4, 0.5) is 5.69 Å². The van der Waals surface area contributed by atoms with E-state index in [4.69, 9.17) is 4.52 Å². The number of anilines is 1. The predicted octanol–water partition coefficient (Wildman–Crippen LogP) is 4.55. The monoisotopic (exact) mass is 381 g/mol. The third kappa shape index (κ3) is 3.30. The Morgan fingerprint density at radius 1 is 0.931 bits per heavy atom. The molecule has 1 N–H and O–H groups in total. The van der Waals surface area contributed by atoms with E-state index < -0.39 is 0 Å². The first-order valence-electron chi connectivity index (χ1n) is 9.44.